The quantitative estimate of drug-likeness (QED) is 0.186. The summed E-state index contributed by atoms with van der Waals surface area (Å²) in [6.07, 6.45) is 2.39. The topological polar surface area (TPSA) is 105 Å². The first-order chi connectivity index (χ1) is 7.26. The molecule has 1 aromatic heterocycles. The maximum Gasteiger partial charge on any atom is 0.211 e. The number of anilines is 3. The fraction of sp³-hybridized carbons (Fsp3) is 0.286. The summed E-state index contributed by atoms with van der Waals surface area (Å²) < 4.78 is 0. The SMILES string of the molecule is CNc1nc(SC)nc(NN)c1NC=O. The van der Waals surface area contributed by atoms with Gasteiger partial charge in [-0.1, -0.05) is 11.8 Å². The molecule has 0 unspecified atom stereocenters. The molecule has 0 aliphatic rings. The standard InChI is InChI=1S/C7H12N6OS/c1-9-5-4(10-3-14)6(13-8)12-7(11-5)15-2/h3H,8H2,1-2H3,(H,10,14)(H2,9,11,12,13). The molecule has 0 bridgehead atoms. The molecule has 0 fully saturated rings. The third-order valence-electron chi connectivity index (χ3n) is 1.65. The number of amides is 1. The molecule has 0 aliphatic heterocycles. The summed E-state index contributed by atoms with van der Waals surface area (Å²) in [5, 5.41) is 5.89. The molecular weight excluding hydrogens is 216 g/mol. The van der Waals surface area contributed by atoms with E-state index < -0.39 is 0 Å². The molecular formula is C7H12N6OS. The highest BCUT2D eigenvalue weighted by molar-refractivity contribution is 7.98. The van der Waals surface area contributed by atoms with E-state index in [1.807, 2.05) is 6.26 Å². The fourth-order valence-electron chi connectivity index (χ4n) is 1.01. The Balaban J connectivity index is 3.25. The number of hydrogen-bond acceptors (Lipinski definition) is 7. The molecule has 0 aliphatic carbocycles. The van der Waals surface area contributed by atoms with Crippen LogP contribution in [0.2, 0.25) is 0 Å². The summed E-state index contributed by atoms with van der Waals surface area (Å²) in [6.45, 7) is 0. The number of hydrazine groups is 1. The Kier molecular flexibility index (Phi) is 4.13. The lowest BCUT2D eigenvalue weighted by Crippen LogP contribution is -2.14. The van der Waals surface area contributed by atoms with Gasteiger partial charge in [0.1, 0.15) is 5.69 Å². The summed E-state index contributed by atoms with van der Waals surface area (Å²) in [5.74, 6) is 6.17. The highest BCUT2D eigenvalue weighted by Gasteiger charge is 2.11. The van der Waals surface area contributed by atoms with E-state index in [9.17, 15) is 4.79 Å². The lowest BCUT2D eigenvalue weighted by molar-refractivity contribution is -0.105. The zero-order valence-electron chi connectivity index (χ0n) is 8.37. The summed E-state index contributed by atoms with van der Waals surface area (Å²) in [4.78, 5) is 18.6. The normalized spacial score (nSPS) is 9.53. The Morgan fingerprint density at radius 3 is 2.53 bits per heavy atom. The second-order valence-electron chi connectivity index (χ2n) is 2.44. The van der Waals surface area contributed by atoms with Crippen LogP contribution in [0, 0.1) is 0 Å². The fourth-order valence-corrected chi connectivity index (χ4v) is 1.38. The number of hydrogen-bond donors (Lipinski definition) is 4. The van der Waals surface area contributed by atoms with Crippen molar-refractivity contribution in [2.24, 2.45) is 5.84 Å². The molecule has 1 aromatic rings. The molecule has 0 atom stereocenters. The summed E-state index contributed by atoms with van der Waals surface area (Å²) >= 11 is 1.38. The second kappa shape index (κ2) is 5.37. The van der Waals surface area contributed by atoms with Gasteiger partial charge in [0.05, 0.1) is 0 Å². The van der Waals surface area contributed by atoms with Gasteiger partial charge in [-0.05, 0) is 6.26 Å². The van der Waals surface area contributed by atoms with Crippen LogP contribution in [-0.4, -0.2) is 29.7 Å². The first kappa shape index (κ1) is 11.5. The molecule has 15 heavy (non-hydrogen) atoms. The van der Waals surface area contributed by atoms with Crippen LogP contribution in [0.1, 0.15) is 0 Å². The van der Waals surface area contributed by atoms with Gasteiger partial charge in [-0.2, -0.15) is 0 Å². The van der Waals surface area contributed by atoms with E-state index in [1.165, 1.54) is 11.8 Å². The molecule has 82 valence electrons. The number of nitrogens with zero attached hydrogens (tertiary/aromatic N) is 2. The van der Waals surface area contributed by atoms with Crippen LogP contribution in [0.3, 0.4) is 0 Å². The van der Waals surface area contributed by atoms with Gasteiger partial charge >= 0.3 is 0 Å². The Hall–Kier alpha value is -1.54. The number of thioether (sulfide) groups is 1. The second-order valence-corrected chi connectivity index (χ2v) is 3.21. The van der Waals surface area contributed by atoms with E-state index in [4.69, 9.17) is 5.84 Å². The predicted octanol–water partition coefficient (Wildman–Crippen LogP) is 0.0941. The highest BCUT2D eigenvalue weighted by atomic mass is 32.2. The van der Waals surface area contributed by atoms with Gasteiger partial charge in [-0.15, -0.1) is 0 Å². The predicted molar refractivity (Wildman–Crippen MR) is 60.9 cm³/mol. The summed E-state index contributed by atoms with van der Waals surface area (Å²) in [5.41, 5.74) is 2.83. The van der Waals surface area contributed by atoms with Crippen molar-refractivity contribution in [2.45, 2.75) is 5.16 Å². The van der Waals surface area contributed by atoms with Crippen LogP contribution in [0.25, 0.3) is 0 Å². The Bertz CT molecular complexity index is 332. The Morgan fingerprint density at radius 1 is 1.40 bits per heavy atom. The lowest BCUT2D eigenvalue weighted by atomic mass is 10.4. The summed E-state index contributed by atoms with van der Waals surface area (Å²) in [6, 6.07) is 0. The van der Waals surface area contributed by atoms with E-state index in [0.29, 0.717) is 28.9 Å². The third-order valence-corrected chi connectivity index (χ3v) is 2.20. The van der Waals surface area contributed by atoms with Crippen molar-refractivity contribution in [1.82, 2.24) is 9.97 Å². The molecule has 5 N–H and O–H groups in total. The Labute approximate surface area is 91.2 Å². The number of rotatable bonds is 5. The maximum absolute atomic E-state index is 10.4. The van der Waals surface area contributed by atoms with Gasteiger partial charge in [-0.3, -0.25) is 4.79 Å². The van der Waals surface area contributed by atoms with Crippen LogP contribution >= 0.6 is 11.8 Å². The Morgan fingerprint density at radius 2 is 2.07 bits per heavy atom. The zero-order chi connectivity index (χ0) is 11.3. The van der Waals surface area contributed by atoms with Gasteiger partial charge in [0.2, 0.25) is 6.41 Å². The molecule has 8 heteroatoms. The number of nitrogens with one attached hydrogen (secondary N) is 3. The number of carbonyl (C=O) groups is 1. The van der Waals surface area contributed by atoms with E-state index in [0.717, 1.165) is 0 Å². The molecule has 1 amide bonds. The molecule has 0 saturated heterocycles. The first-order valence-corrected chi connectivity index (χ1v) is 5.29. The molecule has 7 nitrogen and oxygen atoms in total. The van der Waals surface area contributed by atoms with Crippen molar-refractivity contribution in [1.29, 1.82) is 0 Å². The minimum absolute atomic E-state index is 0.366. The van der Waals surface area contributed by atoms with Crippen LogP contribution in [0.15, 0.2) is 5.16 Å². The van der Waals surface area contributed by atoms with Crippen molar-refractivity contribution >= 4 is 35.5 Å². The van der Waals surface area contributed by atoms with Gasteiger partial charge in [0, 0.05) is 7.05 Å². The number of aromatic nitrogens is 2. The third kappa shape index (κ3) is 2.48. The maximum atomic E-state index is 10.4. The monoisotopic (exact) mass is 228 g/mol. The van der Waals surface area contributed by atoms with Gasteiger partial charge < -0.3 is 16.1 Å². The van der Waals surface area contributed by atoms with Crippen molar-refractivity contribution < 1.29 is 4.79 Å². The zero-order valence-corrected chi connectivity index (χ0v) is 9.18. The molecule has 0 spiro atoms. The summed E-state index contributed by atoms with van der Waals surface area (Å²) in [7, 11) is 1.70. The number of nitrogen functional groups attached to an aromatic ring is 1. The first-order valence-electron chi connectivity index (χ1n) is 4.07. The van der Waals surface area contributed by atoms with Crippen molar-refractivity contribution in [2.75, 3.05) is 29.4 Å². The molecule has 1 heterocycles. The van der Waals surface area contributed by atoms with Gasteiger partial charge in [0.25, 0.3) is 0 Å². The van der Waals surface area contributed by atoms with Crippen LogP contribution in [0.4, 0.5) is 17.3 Å². The largest absolute Gasteiger partial charge is 0.371 e. The average Bonchev–Trinajstić information content (AvgIpc) is 2.29. The van der Waals surface area contributed by atoms with E-state index >= 15 is 0 Å². The van der Waals surface area contributed by atoms with Crippen LogP contribution < -0.4 is 21.9 Å². The average molecular weight is 228 g/mol. The lowest BCUT2D eigenvalue weighted by Gasteiger charge is -2.12. The van der Waals surface area contributed by atoms with E-state index in [1.54, 1.807) is 7.05 Å². The molecule has 0 radical (unpaired) electrons. The smallest absolute Gasteiger partial charge is 0.211 e. The van der Waals surface area contributed by atoms with Crippen LogP contribution in [0.5, 0.6) is 0 Å². The molecule has 0 saturated carbocycles. The number of nitrogens with two attached hydrogens (primary N) is 1. The molecule has 1 rings (SSSR count). The number of carbonyl (C=O) groups excluding carboxylic acids is 1. The van der Waals surface area contributed by atoms with Gasteiger partial charge in [0.15, 0.2) is 16.8 Å². The van der Waals surface area contributed by atoms with Crippen molar-refractivity contribution in [3.63, 3.8) is 0 Å². The highest BCUT2D eigenvalue weighted by Crippen LogP contribution is 2.28. The van der Waals surface area contributed by atoms with Crippen molar-refractivity contribution in [3.8, 4) is 0 Å². The minimum atomic E-state index is 0.366. The van der Waals surface area contributed by atoms with Gasteiger partial charge in [-0.25, -0.2) is 15.8 Å². The minimum Gasteiger partial charge on any atom is -0.371 e. The van der Waals surface area contributed by atoms with Crippen molar-refractivity contribution in [3.05, 3.63) is 0 Å². The molecule has 0 aromatic carbocycles. The van der Waals surface area contributed by atoms with Crippen LogP contribution in [-0.2, 0) is 4.79 Å². The van der Waals surface area contributed by atoms with E-state index in [-0.39, 0.29) is 0 Å². The van der Waals surface area contributed by atoms with E-state index in [2.05, 4.69) is 26.0 Å².